The Balaban J connectivity index is 0.000000339. The molecule has 3 N–H and O–H groups in total. The molecule has 0 bridgehead atoms. The van der Waals surface area contributed by atoms with Crippen LogP contribution in [-0.2, 0) is 0 Å². The van der Waals surface area contributed by atoms with Gasteiger partial charge in [0.25, 0.3) is 0 Å². The number of phenols is 3. The monoisotopic (exact) mass is 358 g/mol. The minimum Gasteiger partial charge on any atom is -0.508 e. The quantitative estimate of drug-likeness (QED) is 0.487. The first-order valence-corrected chi connectivity index (χ1v) is 7.63. The van der Waals surface area contributed by atoms with Crippen LogP contribution in [0.2, 0.25) is 0 Å². The Hall–Kier alpha value is -2.51. The number of phenolic OH excluding ortho intramolecular Hbond substituents is 3. The fraction of sp³-hybridized carbons (Fsp3) is 0.143. The van der Waals surface area contributed by atoms with Gasteiger partial charge >= 0.3 is 0 Å². The van der Waals surface area contributed by atoms with Crippen LogP contribution in [0.3, 0.4) is 0 Å². The number of benzene rings is 3. The van der Waals surface area contributed by atoms with Crippen molar-refractivity contribution >= 4 is 9.90 Å². The summed E-state index contributed by atoms with van der Waals surface area (Å²) in [5.41, 5.74) is 3.51. The van der Waals surface area contributed by atoms with E-state index in [9.17, 15) is 0 Å². The summed E-state index contributed by atoms with van der Waals surface area (Å²) in [6.45, 7) is 5.96. The number of hydrogen-bond donors (Lipinski definition) is 3. The topological polar surface area (TPSA) is 60.7 Å². The molecule has 0 aromatic heterocycles. The maximum atomic E-state index is 8.76. The van der Waals surface area contributed by atoms with Gasteiger partial charge in [0.2, 0.25) is 0 Å². The molecule has 134 valence electrons. The van der Waals surface area contributed by atoms with Crippen molar-refractivity contribution in [1.29, 1.82) is 0 Å². The lowest BCUT2D eigenvalue weighted by atomic mass is 10.2. The second kappa shape index (κ2) is 11.9. The molecule has 0 heterocycles. The van der Waals surface area contributed by atoms with Crippen molar-refractivity contribution in [3.63, 3.8) is 0 Å². The molecule has 0 aliphatic heterocycles. The third kappa shape index (κ3) is 10.8. The van der Waals surface area contributed by atoms with E-state index in [0.29, 0.717) is 17.2 Å². The smallest absolute Gasteiger partial charge is 0.115 e. The Labute approximate surface area is 153 Å². The van der Waals surface area contributed by atoms with Gasteiger partial charge in [0.1, 0.15) is 17.2 Å². The van der Waals surface area contributed by atoms with Crippen molar-refractivity contribution in [3.05, 3.63) is 89.5 Å². The van der Waals surface area contributed by atoms with Gasteiger partial charge in [-0.25, -0.2) is 0 Å². The average Bonchev–Trinajstić information content (AvgIpc) is 2.57. The molecule has 25 heavy (non-hydrogen) atoms. The molecule has 3 aromatic carbocycles. The van der Waals surface area contributed by atoms with E-state index in [1.54, 1.807) is 36.4 Å². The van der Waals surface area contributed by atoms with Gasteiger partial charge in [-0.15, -0.1) is 0 Å². The Morgan fingerprint density at radius 2 is 0.560 bits per heavy atom. The molecular weight excluding hydrogens is 331 g/mol. The van der Waals surface area contributed by atoms with Gasteiger partial charge in [0.15, 0.2) is 0 Å². The van der Waals surface area contributed by atoms with Crippen molar-refractivity contribution < 1.29 is 15.3 Å². The lowest BCUT2D eigenvalue weighted by Gasteiger charge is -1.89. The number of aryl methyl sites for hydroxylation is 3. The van der Waals surface area contributed by atoms with E-state index in [0.717, 1.165) is 0 Å². The molecule has 0 amide bonds. The molecule has 1 atom stereocenters. The first-order chi connectivity index (χ1) is 11.4. The number of hydrogen-bond acceptors (Lipinski definition) is 3. The summed E-state index contributed by atoms with van der Waals surface area (Å²) in [5.74, 6) is 0.988. The molecule has 3 aromatic rings. The summed E-state index contributed by atoms with van der Waals surface area (Å²) in [7, 11) is 0. The maximum Gasteiger partial charge on any atom is 0.115 e. The van der Waals surface area contributed by atoms with E-state index in [2.05, 4.69) is 0 Å². The van der Waals surface area contributed by atoms with Gasteiger partial charge in [-0.05, 0) is 57.2 Å². The fourth-order valence-corrected chi connectivity index (χ4v) is 1.63. The van der Waals surface area contributed by atoms with Crippen molar-refractivity contribution in [2.24, 2.45) is 0 Å². The van der Waals surface area contributed by atoms with Crippen molar-refractivity contribution in [2.45, 2.75) is 20.8 Å². The Kier molecular flexibility index (Phi) is 10.7. The first kappa shape index (κ1) is 22.5. The van der Waals surface area contributed by atoms with Crippen LogP contribution >= 0.6 is 9.90 Å². The zero-order valence-electron chi connectivity index (χ0n) is 15.0. The van der Waals surface area contributed by atoms with E-state index in [-0.39, 0.29) is 9.90 Å². The number of aromatic hydroxyl groups is 3. The maximum absolute atomic E-state index is 8.76. The SMILES string of the molecule is Cc1ccc(O)cc1.Cc1ccc(O)cc1.Cc1ccc(O)cc1.P. The molecule has 0 radical (unpaired) electrons. The summed E-state index contributed by atoms with van der Waals surface area (Å²) in [5, 5.41) is 26.3. The summed E-state index contributed by atoms with van der Waals surface area (Å²) < 4.78 is 0. The van der Waals surface area contributed by atoms with E-state index < -0.39 is 0 Å². The Bertz CT molecular complexity index is 539. The van der Waals surface area contributed by atoms with Crippen LogP contribution in [-0.4, -0.2) is 15.3 Å². The molecule has 0 aliphatic carbocycles. The van der Waals surface area contributed by atoms with Gasteiger partial charge in [-0.1, -0.05) is 53.1 Å². The molecule has 0 spiro atoms. The van der Waals surface area contributed by atoms with Gasteiger partial charge < -0.3 is 15.3 Å². The van der Waals surface area contributed by atoms with Crippen molar-refractivity contribution in [3.8, 4) is 17.2 Å². The van der Waals surface area contributed by atoms with Gasteiger partial charge in [-0.2, -0.15) is 9.90 Å². The Morgan fingerprint density at radius 1 is 0.400 bits per heavy atom. The lowest BCUT2D eigenvalue weighted by Crippen LogP contribution is -1.66. The molecule has 0 aliphatic rings. The van der Waals surface area contributed by atoms with Crippen LogP contribution in [0.4, 0.5) is 0 Å². The fourth-order valence-electron chi connectivity index (χ4n) is 1.63. The van der Waals surface area contributed by atoms with Crippen LogP contribution in [0.5, 0.6) is 17.2 Å². The van der Waals surface area contributed by atoms with E-state index >= 15 is 0 Å². The highest BCUT2D eigenvalue weighted by atomic mass is 31.0. The molecule has 0 fully saturated rings. The highest BCUT2D eigenvalue weighted by Crippen LogP contribution is 2.08. The minimum atomic E-state index is 0. The molecule has 3 nitrogen and oxygen atoms in total. The highest BCUT2D eigenvalue weighted by molar-refractivity contribution is 6.92. The van der Waals surface area contributed by atoms with Crippen molar-refractivity contribution in [1.82, 2.24) is 0 Å². The molecular formula is C21H27O3P. The predicted molar refractivity (Wildman–Crippen MR) is 110 cm³/mol. The largest absolute Gasteiger partial charge is 0.508 e. The van der Waals surface area contributed by atoms with E-state index in [4.69, 9.17) is 15.3 Å². The van der Waals surface area contributed by atoms with Crippen LogP contribution in [0.25, 0.3) is 0 Å². The van der Waals surface area contributed by atoms with Crippen LogP contribution in [0, 0.1) is 20.8 Å². The second-order valence-corrected chi connectivity index (χ2v) is 5.51. The van der Waals surface area contributed by atoms with Gasteiger partial charge in [0.05, 0.1) is 0 Å². The lowest BCUT2D eigenvalue weighted by molar-refractivity contribution is 0.474. The van der Waals surface area contributed by atoms with Crippen LogP contribution in [0.15, 0.2) is 72.8 Å². The third-order valence-corrected chi connectivity index (χ3v) is 3.10. The molecule has 3 rings (SSSR count). The zero-order valence-corrected chi connectivity index (χ0v) is 16.4. The minimum absolute atomic E-state index is 0. The molecule has 1 unspecified atom stereocenters. The average molecular weight is 358 g/mol. The van der Waals surface area contributed by atoms with Crippen molar-refractivity contribution in [2.75, 3.05) is 0 Å². The molecule has 0 saturated heterocycles. The zero-order chi connectivity index (χ0) is 17.9. The number of rotatable bonds is 0. The second-order valence-electron chi connectivity index (χ2n) is 5.51. The summed E-state index contributed by atoms with van der Waals surface area (Å²) in [4.78, 5) is 0. The van der Waals surface area contributed by atoms with E-state index in [1.807, 2.05) is 57.2 Å². The summed E-state index contributed by atoms with van der Waals surface area (Å²) in [6, 6.07) is 21.3. The standard InChI is InChI=1S/3C7H8O.H3P/c3*1-6-2-4-7(8)5-3-6;/h3*2-5,8H,1H3;1H3. The van der Waals surface area contributed by atoms with E-state index in [1.165, 1.54) is 16.7 Å². The van der Waals surface area contributed by atoms with Crippen LogP contribution < -0.4 is 0 Å². The Morgan fingerprint density at radius 3 is 0.680 bits per heavy atom. The third-order valence-electron chi connectivity index (χ3n) is 3.10. The summed E-state index contributed by atoms with van der Waals surface area (Å²) in [6.07, 6.45) is 0. The van der Waals surface area contributed by atoms with Gasteiger partial charge in [0, 0.05) is 0 Å². The van der Waals surface area contributed by atoms with Gasteiger partial charge in [-0.3, -0.25) is 0 Å². The highest BCUT2D eigenvalue weighted by Gasteiger charge is 1.83. The predicted octanol–water partition coefficient (Wildman–Crippen LogP) is 5.16. The summed E-state index contributed by atoms with van der Waals surface area (Å²) >= 11 is 0. The molecule has 4 heteroatoms. The first-order valence-electron chi connectivity index (χ1n) is 7.63. The normalized spacial score (nSPS) is 8.76. The molecule has 0 saturated carbocycles. The van der Waals surface area contributed by atoms with Crippen LogP contribution in [0.1, 0.15) is 16.7 Å².